The number of carbonyl (C=O) groups is 1. The molecule has 2 aromatic rings. The molecule has 1 amide bonds. The summed E-state index contributed by atoms with van der Waals surface area (Å²) in [7, 11) is 1.58. The summed E-state index contributed by atoms with van der Waals surface area (Å²) in [6.07, 6.45) is 1.62. The smallest absolute Gasteiger partial charge is 0.230 e. The molecule has 3 N–H and O–H groups in total. The summed E-state index contributed by atoms with van der Waals surface area (Å²) in [5, 5.41) is 11.2. The number of nitrogen functional groups attached to an aromatic ring is 1. The van der Waals surface area contributed by atoms with Crippen molar-refractivity contribution in [3.05, 3.63) is 36.9 Å². The van der Waals surface area contributed by atoms with Crippen molar-refractivity contribution in [3.63, 3.8) is 0 Å². The quantitative estimate of drug-likeness (QED) is 0.450. The second-order valence-corrected chi connectivity index (χ2v) is 5.20. The number of amides is 1. The number of para-hydroxylation sites is 1. The van der Waals surface area contributed by atoms with Gasteiger partial charge in [0, 0.05) is 6.54 Å². The highest BCUT2D eigenvalue weighted by Crippen LogP contribution is 2.29. The summed E-state index contributed by atoms with van der Waals surface area (Å²) in [6, 6.07) is 7.39. The molecule has 0 aliphatic rings. The Bertz CT molecular complexity index is 671. The van der Waals surface area contributed by atoms with E-state index in [0.717, 1.165) is 5.56 Å². The van der Waals surface area contributed by atoms with Crippen molar-refractivity contribution in [1.82, 2.24) is 20.2 Å². The number of rotatable bonds is 7. The van der Waals surface area contributed by atoms with E-state index < -0.39 is 0 Å². The van der Waals surface area contributed by atoms with Gasteiger partial charge in [0.1, 0.15) is 5.75 Å². The van der Waals surface area contributed by atoms with Crippen molar-refractivity contribution in [2.45, 2.75) is 5.16 Å². The van der Waals surface area contributed by atoms with Crippen LogP contribution in [-0.4, -0.2) is 40.2 Å². The van der Waals surface area contributed by atoms with E-state index in [-0.39, 0.29) is 11.7 Å². The van der Waals surface area contributed by atoms with Crippen LogP contribution < -0.4 is 15.9 Å². The Balaban J connectivity index is 2.12. The summed E-state index contributed by atoms with van der Waals surface area (Å²) in [6.45, 7) is 3.97. The number of hydrogen-bond acceptors (Lipinski definition) is 6. The number of methoxy groups -OCH3 is 1. The minimum Gasteiger partial charge on any atom is -0.496 e. The number of nitrogens with zero attached hydrogens (tertiary/aromatic N) is 3. The number of benzene rings is 1. The lowest BCUT2D eigenvalue weighted by molar-refractivity contribution is -0.118. The molecule has 0 spiro atoms. The molecule has 1 aromatic heterocycles. The minimum atomic E-state index is -0.119. The SMILES string of the molecule is C=CCNC(=O)CSc1nnc(-c2ccccc2OC)n1N. The molecule has 0 bridgehead atoms. The monoisotopic (exact) mass is 319 g/mol. The Labute approximate surface area is 132 Å². The highest BCUT2D eigenvalue weighted by Gasteiger charge is 2.16. The van der Waals surface area contributed by atoms with Crippen LogP contribution in [0.25, 0.3) is 11.4 Å². The van der Waals surface area contributed by atoms with Crippen molar-refractivity contribution < 1.29 is 9.53 Å². The molecule has 0 saturated heterocycles. The molecule has 0 fully saturated rings. The van der Waals surface area contributed by atoms with Gasteiger partial charge in [-0.15, -0.1) is 16.8 Å². The fourth-order valence-electron chi connectivity index (χ4n) is 1.76. The molecule has 0 aliphatic heterocycles. The second kappa shape index (κ2) is 7.51. The predicted octanol–water partition coefficient (Wildman–Crippen LogP) is 1.06. The zero-order valence-electron chi connectivity index (χ0n) is 12.2. The van der Waals surface area contributed by atoms with Crippen LogP contribution in [-0.2, 0) is 4.79 Å². The molecule has 8 heteroatoms. The highest BCUT2D eigenvalue weighted by atomic mass is 32.2. The number of ether oxygens (including phenoxy) is 1. The highest BCUT2D eigenvalue weighted by molar-refractivity contribution is 7.99. The average Bonchev–Trinajstić information content (AvgIpc) is 2.91. The molecule has 116 valence electrons. The normalized spacial score (nSPS) is 10.2. The van der Waals surface area contributed by atoms with E-state index in [1.807, 2.05) is 24.3 Å². The third kappa shape index (κ3) is 3.59. The Morgan fingerprint density at radius 2 is 2.27 bits per heavy atom. The number of nitrogens with two attached hydrogens (primary N) is 1. The summed E-state index contributed by atoms with van der Waals surface area (Å²) in [5.41, 5.74) is 0.739. The first-order valence-electron chi connectivity index (χ1n) is 6.51. The third-order valence-corrected chi connectivity index (χ3v) is 3.73. The molecule has 22 heavy (non-hydrogen) atoms. The zero-order valence-corrected chi connectivity index (χ0v) is 13.0. The van der Waals surface area contributed by atoms with Gasteiger partial charge in [0.15, 0.2) is 5.82 Å². The van der Waals surface area contributed by atoms with Crippen LogP contribution in [0.4, 0.5) is 0 Å². The van der Waals surface area contributed by atoms with Crippen LogP contribution in [0.1, 0.15) is 0 Å². The van der Waals surface area contributed by atoms with Crippen molar-refractivity contribution in [2.75, 3.05) is 25.3 Å². The van der Waals surface area contributed by atoms with E-state index in [2.05, 4.69) is 22.1 Å². The number of hydrogen-bond donors (Lipinski definition) is 2. The van der Waals surface area contributed by atoms with Crippen LogP contribution in [0.3, 0.4) is 0 Å². The van der Waals surface area contributed by atoms with E-state index in [1.165, 1.54) is 16.4 Å². The largest absolute Gasteiger partial charge is 0.496 e. The molecule has 2 rings (SSSR count). The Hall–Kier alpha value is -2.48. The van der Waals surface area contributed by atoms with Gasteiger partial charge >= 0.3 is 0 Å². The van der Waals surface area contributed by atoms with Crippen molar-refractivity contribution in [3.8, 4) is 17.1 Å². The van der Waals surface area contributed by atoms with Crippen LogP contribution in [0.2, 0.25) is 0 Å². The van der Waals surface area contributed by atoms with Crippen molar-refractivity contribution in [2.24, 2.45) is 0 Å². The maximum atomic E-state index is 11.6. The lowest BCUT2D eigenvalue weighted by Crippen LogP contribution is -2.25. The molecular weight excluding hydrogens is 302 g/mol. The summed E-state index contributed by atoms with van der Waals surface area (Å²) >= 11 is 1.21. The van der Waals surface area contributed by atoms with E-state index in [4.69, 9.17) is 10.6 Å². The van der Waals surface area contributed by atoms with Gasteiger partial charge in [-0.1, -0.05) is 30.0 Å². The van der Waals surface area contributed by atoms with Gasteiger partial charge in [-0.2, -0.15) is 0 Å². The van der Waals surface area contributed by atoms with Gasteiger partial charge in [-0.05, 0) is 12.1 Å². The first kappa shape index (κ1) is 15.9. The minimum absolute atomic E-state index is 0.119. The Morgan fingerprint density at radius 3 is 3.00 bits per heavy atom. The standard InChI is InChI=1S/C14H17N5O2S/c1-3-8-16-12(20)9-22-14-18-17-13(19(14)15)10-6-4-5-7-11(10)21-2/h3-7H,1,8-9,15H2,2H3,(H,16,20). The Kier molecular flexibility index (Phi) is 5.42. The predicted molar refractivity (Wildman–Crippen MR) is 86.1 cm³/mol. The first-order chi connectivity index (χ1) is 10.7. The van der Waals surface area contributed by atoms with Gasteiger partial charge in [0.05, 0.1) is 18.4 Å². The summed E-state index contributed by atoms with van der Waals surface area (Å²) in [5.74, 6) is 7.23. The zero-order chi connectivity index (χ0) is 15.9. The van der Waals surface area contributed by atoms with Crippen LogP contribution in [0, 0.1) is 0 Å². The van der Waals surface area contributed by atoms with Crippen LogP contribution in [0.15, 0.2) is 42.1 Å². The van der Waals surface area contributed by atoms with Gasteiger partial charge < -0.3 is 15.9 Å². The average molecular weight is 319 g/mol. The lowest BCUT2D eigenvalue weighted by Gasteiger charge is -2.07. The number of aromatic nitrogens is 3. The molecule has 0 radical (unpaired) electrons. The molecule has 1 heterocycles. The second-order valence-electron chi connectivity index (χ2n) is 4.26. The van der Waals surface area contributed by atoms with Gasteiger partial charge in [0.25, 0.3) is 0 Å². The van der Waals surface area contributed by atoms with Crippen molar-refractivity contribution >= 4 is 17.7 Å². The van der Waals surface area contributed by atoms with E-state index in [1.54, 1.807) is 13.2 Å². The topological polar surface area (TPSA) is 95.1 Å². The summed E-state index contributed by atoms with van der Waals surface area (Å²) < 4.78 is 6.64. The molecule has 0 atom stereocenters. The number of nitrogens with one attached hydrogen (secondary N) is 1. The van der Waals surface area contributed by atoms with E-state index >= 15 is 0 Å². The van der Waals surface area contributed by atoms with Crippen molar-refractivity contribution in [1.29, 1.82) is 0 Å². The van der Waals surface area contributed by atoms with Gasteiger partial charge in [-0.25, -0.2) is 4.68 Å². The first-order valence-corrected chi connectivity index (χ1v) is 7.50. The third-order valence-electron chi connectivity index (χ3n) is 2.79. The maximum Gasteiger partial charge on any atom is 0.230 e. The number of thioether (sulfide) groups is 1. The molecule has 0 saturated carbocycles. The van der Waals surface area contributed by atoms with Gasteiger partial charge in [0.2, 0.25) is 11.1 Å². The summed E-state index contributed by atoms with van der Waals surface area (Å²) in [4.78, 5) is 11.6. The maximum absolute atomic E-state index is 11.6. The molecular formula is C14H17N5O2S. The Morgan fingerprint density at radius 1 is 1.50 bits per heavy atom. The molecule has 0 aliphatic carbocycles. The fourth-order valence-corrected chi connectivity index (χ4v) is 2.44. The fraction of sp³-hybridized carbons (Fsp3) is 0.214. The molecule has 7 nitrogen and oxygen atoms in total. The van der Waals surface area contributed by atoms with Crippen LogP contribution >= 0.6 is 11.8 Å². The number of carbonyl (C=O) groups excluding carboxylic acids is 1. The van der Waals surface area contributed by atoms with Gasteiger partial charge in [-0.3, -0.25) is 4.79 Å². The van der Waals surface area contributed by atoms with E-state index in [0.29, 0.717) is 23.3 Å². The molecule has 1 aromatic carbocycles. The van der Waals surface area contributed by atoms with Crippen LogP contribution in [0.5, 0.6) is 5.75 Å². The molecule has 0 unspecified atom stereocenters. The van der Waals surface area contributed by atoms with E-state index in [9.17, 15) is 4.79 Å². The lowest BCUT2D eigenvalue weighted by atomic mass is 10.2.